The second-order valence-electron chi connectivity index (χ2n) is 4.81. The molecule has 1 aromatic heterocycles. The molecule has 0 spiro atoms. The van der Waals surface area contributed by atoms with Crippen LogP contribution in [0.1, 0.15) is 16.1 Å². The highest BCUT2D eigenvalue weighted by molar-refractivity contribution is 6.50. The molecule has 0 N–H and O–H groups in total. The van der Waals surface area contributed by atoms with Crippen molar-refractivity contribution >= 4 is 39.3 Å². The van der Waals surface area contributed by atoms with Crippen molar-refractivity contribution < 1.29 is 9.59 Å². The maximum absolute atomic E-state index is 11.9. The molecule has 0 saturated heterocycles. The molecular weight excluding hydrogens is 250 g/mol. The Morgan fingerprint density at radius 2 is 1.65 bits per heavy atom. The van der Waals surface area contributed by atoms with Gasteiger partial charge < -0.3 is 0 Å². The summed E-state index contributed by atoms with van der Waals surface area (Å²) < 4.78 is 0. The first kappa shape index (κ1) is 11.1. The van der Waals surface area contributed by atoms with E-state index in [0.29, 0.717) is 11.3 Å². The van der Waals surface area contributed by atoms with Gasteiger partial charge in [0.05, 0.1) is 16.8 Å². The Kier molecular flexibility index (Phi) is 2.12. The smallest absolute Gasteiger partial charge is 0.235 e. The topological polar surface area (TPSA) is 47.0 Å². The van der Waals surface area contributed by atoms with Gasteiger partial charge in [0.15, 0.2) is 0 Å². The Hall–Kier alpha value is -2.81. The largest absolute Gasteiger partial charge is 0.286 e. The predicted octanol–water partition coefficient (Wildman–Crippen LogP) is 3.17. The minimum atomic E-state index is -0.487. The number of hydrogen-bond donors (Lipinski definition) is 0. The van der Waals surface area contributed by atoms with E-state index in [1.165, 1.54) is 6.08 Å². The van der Waals surface area contributed by atoms with Crippen LogP contribution in [0.15, 0.2) is 48.5 Å². The van der Waals surface area contributed by atoms with Gasteiger partial charge in [0.2, 0.25) is 11.6 Å². The number of benzene rings is 2. The van der Waals surface area contributed by atoms with Crippen molar-refractivity contribution in [1.82, 2.24) is 4.98 Å². The summed E-state index contributed by atoms with van der Waals surface area (Å²) in [6.07, 6.45) is 2.90. The van der Waals surface area contributed by atoms with Crippen molar-refractivity contribution in [3.05, 3.63) is 59.8 Å². The second kappa shape index (κ2) is 3.84. The van der Waals surface area contributed by atoms with Gasteiger partial charge in [-0.05, 0) is 23.6 Å². The van der Waals surface area contributed by atoms with Crippen LogP contribution in [0.3, 0.4) is 0 Å². The zero-order chi connectivity index (χ0) is 13.7. The summed E-state index contributed by atoms with van der Waals surface area (Å²) in [5.74, 6) is -0.968. The lowest BCUT2D eigenvalue weighted by molar-refractivity contribution is -0.110. The summed E-state index contributed by atoms with van der Waals surface area (Å²) in [4.78, 5) is 27.9. The molecule has 0 amide bonds. The molecule has 3 heteroatoms. The quantitative estimate of drug-likeness (QED) is 0.460. The van der Waals surface area contributed by atoms with Crippen molar-refractivity contribution in [3.8, 4) is 0 Å². The molecule has 0 fully saturated rings. The fourth-order valence-electron chi connectivity index (χ4n) is 2.60. The maximum atomic E-state index is 11.9. The zero-order valence-electron chi connectivity index (χ0n) is 10.5. The van der Waals surface area contributed by atoms with E-state index in [-0.39, 0.29) is 0 Å². The molecule has 94 valence electrons. The molecule has 0 atom stereocenters. The lowest BCUT2D eigenvalue weighted by atomic mass is 9.96. The molecule has 0 unspecified atom stereocenters. The first-order valence-corrected chi connectivity index (χ1v) is 6.33. The van der Waals surface area contributed by atoms with E-state index >= 15 is 0 Å². The Balaban J connectivity index is 2.14. The molecule has 1 aliphatic rings. The summed E-state index contributed by atoms with van der Waals surface area (Å²) in [6, 6.07) is 13.7. The number of fused-ring (bicyclic) bond motifs is 4. The monoisotopic (exact) mass is 259 g/mol. The summed E-state index contributed by atoms with van der Waals surface area (Å²) in [7, 11) is 0. The van der Waals surface area contributed by atoms with E-state index < -0.39 is 11.6 Å². The van der Waals surface area contributed by atoms with Gasteiger partial charge in [0.25, 0.3) is 0 Å². The molecule has 1 aliphatic carbocycles. The molecule has 3 aromatic rings. The molecule has 0 aliphatic heterocycles. The first-order chi connectivity index (χ1) is 9.74. The molecule has 0 radical (unpaired) electrons. The fourth-order valence-corrected chi connectivity index (χ4v) is 2.60. The third-order valence-corrected chi connectivity index (χ3v) is 3.60. The van der Waals surface area contributed by atoms with E-state index in [2.05, 4.69) is 4.98 Å². The first-order valence-electron chi connectivity index (χ1n) is 6.33. The van der Waals surface area contributed by atoms with Crippen molar-refractivity contribution in [1.29, 1.82) is 0 Å². The molecule has 0 bridgehead atoms. The number of carbonyl (C=O) groups is 2. The van der Waals surface area contributed by atoms with Crippen molar-refractivity contribution in [2.45, 2.75) is 0 Å². The highest BCUT2D eigenvalue weighted by Gasteiger charge is 2.22. The van der Waals surface area contributed by atoms with Crippen LogP contribution in [0.2, 0.25) is 0 Å². The number of carbonyl (C=O) groups excluding carboxylic acids is 2. The normalized spacial score (nSPS) is 14.0. The maximum Gasteiger partial charge on any atom is 0.235 e. The zero-order valence-corrected chi connectivity index (χ0v) is 10.5. The van der Waals surface area contributed by atoms with Gasteiger partial charge >= 0.3 is 0 Å². The van der Waals surface area contributed by atoms with E-state index in [4.69, 9.17) is 0 Å². The van der Waals surface area contributed by atoms with Crippen molar-refractivity contribution in [3.63, 3.8) is 0 Å². The van der Waals surface area contributed by atoms with Gasteiger partial charge in [-0.25, -0.2) is 4.98 Å². The summed E-state index contributed by atoms with van der Waals surface area (Å²) in [5, 5.41) is 3.03. The Morgan fingerprint density at radius 1 is 0.850 bits per heavy atom. The van der Waals surface area contributed by atoms with Gasteiger partial charge in [-0.3, -0.25) is 9.59 Å². The van der Waals surface area contributed by atoms with E-state index in [1.54, 1.807) is 12.1 Å². The number of Topliss-reactive ketones (excluding diaryl/α,β-unsaturated/α-hetero) is 1. The van der Waals surface area contributed by atoms with Gasteiger partial charge in [-0.1, -0.05) is 36.4 Å². The van der Waals surface area contributed by atoms with Gasteiger partial charge in [0.1, 0.15) is 0 Å². The minimum absolute atomic E-state index is 0.389. The molecule has 0 saturated carbocycles. The van der Waals surface area contributed by atoms with E-state index in [1.807, 2.05) is 36.4 Å². The van der Waals surface area contributed by atoms with Crippen molar-refractivity contribution in [2.75, 3.05) is 0 Å². The average molecular weight is 259 g/mol. The third-order valence-electron chi connectivity index (χ3n) is 3.60. The average Bonchev–Trinajstić information content (AvgIpc) is 2.50. The number of allylic oxidation sites excluding steroid dienone is 1. The van der Waals surface area contributed by atoms with Crippen LogP contribution in [0.5, 0.6) is 0 Å². The summed E-state index contributed by atoms with van der Waals surface area (Å²) >= 11 is 0. The molecule has 2 aromatic carbocycles. The van der Waals surface area contributed by atoms with Gasteiger partial charge in [0, 0.05) is 10.8 Å². The third kappa shape index (κ3) is 1.43. The van der Waals surface area contributed by atoms with Crippen LogP contribution in [-0.4, -0.2) is 16.6 Å². The van der Waals surface area contributed by atoms with Crippen LogP contribution in [0.25, 0.3) is 27.8 Å². The SMILES string of the molecule is O=C1C=Cc2nc3c(ccc4ccccc43)cc2C1=O. The summed E-state index contributed by atoms with van der Waals surface area (Å²) in [5.41, 5.74) is 1.81. The van der Waals surface area contributed by atoms with Crippen LogP contribution in [0, 0.1) is 0 Å². The highest BCUT2D eigenvalue weighted by atomic mass is 16.2. The fraction of sp³-hybridized carbons (Fsp3) is 0. The van der Waals surface area contributed by atoms with Crippen LogP contribution in [-0.2, 0) is 4.79 Å². The Labute approximate surface area is 114 Å². The summed E-state index contributed by atoms with van der Waals surface area (Å²) in [6.45, 7) is 0. The molecular formula is C17H9NO2. The Morgan fingerprint density at radius 3 is 2.55 bits per heavy atom. The predicted molar refractivity (Wildman–Crippen MR) is 77.6 cm³/mol. The molecule has 3 nitrogen and oxygen atoms in total. The highest BCUT2D eigenvalue weighted by Crippen LogP contribution is 2.27. The second-order valence-corrected chi connectivity index (χ2v) is 4.81. The number of hydrogen-bond acceptors (Lipinski definition) is 3. The number of ketones is 2. The molecule has 20 heavy (non-hydrogen) atoms. The van der Waals surface area contributed by atoms with Crippen molar-refractivity contribution in [2.24, 2.45) is 0 Å². The number of rotatable bonds is 0. The standard InChI is InChI=1S/C17H9NO2/c19-15-8-7-14-13(17(15)20)9-11-6-5-10-3-1-2-4-12(10)16(11)18-14/h1-9H. The van der Waals surface area contributed by atoms with E-state index in [0.717, 1.165) is 21.7 Å². The Bertz CT molecular complexity index is 938. The minimum Gasteiger partial charge on any atom is -0.286 e. The van der Waals surface area contributed by atoms with Gasteiger partial charge in [-0.2, -0.15) is 0 Å². The van der Waals surface area contributed by atoms with Crippen LogP contribution < -0.4 is 0 Å². The van der Waals surface area contributed by atoms with Crippen LogP contribution >= 0.6 is 0 Å². The number of aromatic nitrogens is 1. The van der Waals surface area contributed by atoms with Gasteiger partial charge in [-0.15, -0.1) is 0 Å². The number of nitrogens with zero attached hydrogens (tertiary/aromatic N) is 1. The molecule has 4 rings (SSSR count). The van der Waals surface area contributed by atoms with E-state index in [9.17, 15) is 9.59 Å². The van der Waals surface area contributed by atoms with Crippen LogP contribution in [0.4, 0.5) is 0 Å². The number of pyridine rings is 1. The lowest BCUT2D eigenvalue weighted by Gasteiger charge is -2.10. The lowest BCUT2D eigenvalue weighted by Crippen LogP contribution is -2.17. The molecule has 1 heterocycles.